The number of nitrogens with one attached hydrogen (secondary N) is 2. The van der Waals surface area contributed by atoms with Gasteiger partial charge in [-0.3, -0.25) is 10.2 Å². The van der Waals surface area contributed by atoms with Gasteiger partial charge >= 0.3 is 0 Å². The van der Waals surface area contributed by atoms with Crippen molar-refractivity contribution in [2.75, 3.05) is 0 Å². The van der Waals surface area contributed by atoms with E-state index in [9.17, 15) is 4.79 Å². The van der Waals surface area contributed by atoms with Crippen LogP contribution < -0.4 is 11.3 Å². The third kappa shape index (κ3) is 1.73. The zero-order valence-corrected chi connectivity index (χ0v) is 9.82. The van der Waals surface area contributed by atoms with Crippen LogP contribution in [0, 0.1) is 0 Å². The molecule has 0 saturated carbocycles. The Hall–Kier alpha value is -1.04. The highest BCUT2D eigenvalue weighted by molar-refractivity contribution is 9.10. The molecule has 2 rings (SSSR count). The second kappa shape index (κ2) is 3.84. The molecule has 0 aliphatic heterocycles. The molecule has 0 aliphatic carbocycles. The molecule has 1 amide bonds. The van der Waals surface area contributed by atoms with E-state index in [2.05, 4.69) is 26.3 Å². The van der Waals surface area contributed by atoms with Gasteiger partial charge in [0.2, 0.25) is 0 Å². The number of nitrogens with two attached hydrogens (primary N) is 1. The molecule has 6 heteroatoms. The summed E-state index contributed by atoms with van der Waals surface area (Å²) in [5, 5.41) is 1.36. The summed E-state index contributed by atoms with van der Waals surface area (Å²) in [6.45, 7) is 0. The number of fused-ring (bicyclic) bond motifs is 1. The number of benzene rings is 1. The molecule has 78 valence electrons. The molecule has 15 heavy (non-hydrogen) atoms. The van der Waals surface area contributed by atoms with Gasteiger partial charge < -0.3 is 4.98 Å². The van der Waals surface area contributed by atoms with Crippen molar-refractivity contribution in [2.45, 2.75) is 0 Å². The van der Waals surface area contributed by atoms with Crippen LogP contribution >= 0.6 is 27.5 Å². The summed E-state index contributed by atoms with van der Waals surface area (Å²) >= 11 is 9.22. The number of amides is 1. The summed E-state index contributed by atoms with van der Waals surface area (Å²) in [5.74, 6) is 4.73. The quantitative estimate of drug-likeness (QED) is 0.428. The summed E-state index contributed by atoms with van der Waals surface area (Å²) in [6, 6.07) is 3.52. The Morgan fingerprint density at radius 1 is 1.53 bits per heavy atom. The lowest BCUT2D eigenvalue weighted by Crippen LogP contribution is -2.29. The smallest absolute Gasteiger partial charge is 0.267 e. The first-order chi connectivity index (χ1) is 7.13. The highest BCUT2D eigenvalue weighted by Crippen LogP contribution is 2.29. The van der Waals surface area contributed by atoms with Crippen LogP contribution in [0.3, 0.4) is 0 Å². The van der Waals surface area contributed by atoms with Crippen LogP contribution in [-0.4, -0.2) is 10.9 Å². The number of halogens is 2. The fraction of sp³-hybridized carbons (Fsp3) is 0. The molecule has 0 atom stereocenters. The van der Waals surface area contributed by atoms with Crippen molar-refractivity contribution >= 4 is 44.3 Å². The maximum atomic E-state index is 11.4. The number of aromatic amines is 1. The molecular weight excluding hydrogens is 281 g/mol. The largest absolute Gasteiger partial charge is 0.360 e. The van der Waals surface area contributed by atoms with Crippen LogP contribution in [-0.2, 0) is 0 Å². The maximum absolute atomic E-state index is 11.4. The predicted octanol–water partition coefficient (Wildman–Crippen LogP) is 2.19. The van der Waals surface area contributed by atoms with Gasteiger partial charge in [-0.2, -0.15) is 0 Å². The van der Waals surface area contributed by atoms with Crippen molar-refractivity contribution in [1.82, 2.24) is 10.4 Å². The molecule has 1 aromatic carbocycles. The van der Waals surface area contributed by atoms with E-state index in [1.807, 2.05) is 0 Å². The average molecular weight is 289 g/mol. The highest BCUT2D eigenvalue weighted by Gasteiger charge is 2.12. The molecule has 0 aliphatic rings. The van der Waals surface area contributed by atoms with E-state index < -0.39 is 0 Å². The Bertz CT molecular complexity index is 537. The van der Waals surface area contributed by atoms with Crippen molar-refractivity contribution in [3.8, 4) is 0 Å². The fourth-order valence-corrected chi connectivity index (χ4v) is 1.89. The van der Waals surface area contributed by atoms with Gasteiger partial charge in [0, 0.05) is 21.6 Å². The number of aromatic nitrogens is 1. The average Bonchev–Trinajstić information content (AvgIpc) is 2.61. The number of hydrazine groups is 1. The van der Waals surface area contributed by atoms with Crippen LogP contribution in [0.1, 0.15) is 10.4 Å². The number of hydrogen-bond donors (Lipinski definition) is 3. The van der Waals surface area contributed by atoms with Gasteiger partial charge in [-0.15, -0.1) is 0 Å². The fourth-order valence-electron chi connectivity index (χ4n) is 1.38. The molecule has 0 spiro atoms. The van der Waals surface area contributed by atoms with E-state index in [4.69, 9.17) is 17.4 Å². The lowest BCUT2D eigenvalue weighted by Gasteiger charge is -1.99. The zero-order valence-electron chi connectivity index (χ0n) is 7.47. The van der Waals surface area contributed by atoms with E-state index in [0.717, 1.165) is 15.4 Å². The summed E-state index contributed by atoms with van der Waals surface area (Å²) in [7, 11) is 0. The zero-order chi connectivity index (χ0) is 11.0. The molecule has 4 N–H and O–H groups in total. The van der Waals surface area contributed by atoms with E-state index >= 15 is 0 Å². The molecule has 0 unspecified atom stereocenters. The van der Waals surface area contributed by atoms with Crippen LogP contribution in [0.4, 0.5) is 0 Å². The van der Waals surface area contributed by atoms with Crippen LogP contribution in [0.25, 0.3) is 10.9 Å². The number of rotatable bonds is 1. The highest BCUT2D eigenvalue weighted by atomic mass is 79.9. The van der Waals surface area contributed by atoms with E-state index in [1.165, 1.54) is 0 Å². The Labute approximate surface area is 98.9 Å². The number of hydrogen-bond acceptors (Lipinski definition) is 2. The Morgan fingerprint density at radius 3 is 2.93 bits per heavy atom. The second-order valence-corrected chi connectivity index (χ2v) is 4.25. The van der Waals surface area contributed by atoms with Crippen molar-refractivity contribution < 1.29 is 4.79 Å². The molecule has 0 fully saturated rings. The minimum Gasteiger partial charge on any atom is -0.360 e. The molecule has 0 radical (unpaired) electrons. The van der Waals surface area contributed by atoms with Crippen LogP contribution in [0.2, 0.25) is 5.02 Å². The van der Waals surface area contributed by atoms with Gasteiger partial charge in [0.1, 0.15) is 0 Å². The topological polar surface area (TPSA) is 70.9 Å². The van der Waals surface area contributed by atoms with Crippen LogP contribution in [0.5, 0.6) is 0 Å². The summed E-state index contributed by atoms with van der Waals surface area (Å²) < 4.78 is 0.738. The number of nitrogen functional groups attached to an aromatic ring is 1. The monoisotopic (exact) mass is 287 g/mol. The molecule has 0 bridgehead atoms. The lowest BCUT2D eigenvalue weighted by molar-refractivity contribution is 0.0955. The summed E-state index contributed by atoms with van der Waals surface area (Å²) in [5.41, 5.74) is 3.37. The maximum Gasteiger partial charge on any atom is 0.267 e. The predicted molar refractivity (Wildman–Crippen MR) is 62.7 cm³/mol. The molecule has 2 aromatic rings. The second-order valence-electron chi connectivity index (χ2n) is 2.99. The van der Waals surface area contributed by atoms with Gasteiger partial charge in [-0.25, -0.2) is 5.84 Å². The van der Waals surface area contributed by atoms with Gasteiger partial charge in [-0.05, 0) is 28.1 Å². The minimum atomic E-state index is -0.338. The Balaban J connectivity index is 2.69. The Morgan fingerprint density at radius 2 is 2.27 bits per heavy atom. The van der Waals surface area contributed by atoms with E-state index in [-0.39, 0.29) is 5.91 Å². The van der Waals surface area contributed by atoms with Crippen molar-refractivity contribution in [1.29, 1.82) is 0 Å². The normalized spacial score (nSPS) is 10.6. The van der Waals surface area contributed by atoms with Crippen molar-refractivity contribution in [3.63, 3.8) is 0 Å². The van der Waals surface area contributed by atoms with Crippen molar-refractivity contribution in [2.24, 2.45) is 5.84 Å². The lowest BCUT2D eigenvalue weighted by atomic mass is 10.2. The van der Waals surface area contributed by atoms with Gasteiger partial charge in [-0.1, -0.05) is 11.6 Å². The van der Waals surface area contributed by atoms with E-state index in [0.29, 0.717) is 10.6 Å². The van der Waals surface area contributed by atoms with E-state index in [1.54, 1.807) is 18.3 Å². The summed E-state index contributed by atoms with van der Waals surface area (Å²) in [6.07, 6.45) is 1.59. The van der Waals surface area contributed by atoms with Gasteiger partial charge in [0.25, 0.3) is 5.91 Å². The molecule has 0 saturated heterocycles. The third-order valence-corrected chi connectivity index (χ3v) is 3.30. The first kappa shape index (κ1) is 10.5. The van der Waals surface area contributed by atoms with Crippen molar-refractivity contribution in [3.05, 3.63) is 33.4 Å². The minimum absolute atomic E-state index is 0.338. The third-order valence-electron chi connectivity index (χ3n) is 2.10. The standard InChI is InChI=1S/C9H7BrClN3O/c10-6-1-4-5(9(15)14-12)3-13-8(4)2-7(6)11/h1-3,13H,12H2,(H,14,15). The Kier molecular flexibility index (Phi) is 2.68. The molecule has 4 nitrogen and oxygen atoms in total. The SMILES string of the molecule is NNC(=O)c1c[nH]c2cc(Cl)c(Br)cc12. The molecule has 1 aromatic heterocycles. The molecule has 1 heterocycles. The van der Waals surface area contributed by atoms with Gasteiger partial charge in [0.15, 0.2) is 0 Å². The molecular formula is C9H7BrClN3O. The number of carbonyl (C=O) groups excluding carboxylic acids is 1. The van der Waals surface area contributed by atoms with Crippen LogP contribution in [0.15, 0.2) is 22.8 Å². The number of carbonyl (C=O) groups is 1. The summed E-state index contributed by atoms with van der Waals surface area (Å²) in [4.78, 5) is 14.3. The van der Waals surface area contributed by atoms with Gasteiger partial charge in [0.05, 0.1) is 10.6 Å². The first-order valence-electron chi connectivity index (χ1n) is 4.10. The number of H-pyrrole nitrogens is 1. The first-order valence-corrected chi connectivity index (χ1v) is 5.27.